The molecule has 0 atom stereocenters. The van der Waals surface area contributed by atoms with Crippen LogP contribution in [0.2, 0.25) is 0 Å². The summed E-state index contributed by atoms with van der Waals surface area (Å²) in [4.78, 5) is 11.4. The van der Waals surface area contributed by atoms with Crippen molar-refractivity contribution in [2.45, 2.75) is 54.1 Å². The Hall–Kier alpha value is -1.16. The summed E-state index contributed by atoms with van der Waals surface area (Å²) >= 11 is 0. The molecule has 0 aromatic carbocycles. The van der Waals surface area contributed by atoms with Crippen molar-refractivity contribution in [3.63, 3.8) is 0 Å². The van der Waals surface area contributed by atoms with Gasteiger partial charge in [0.15, 0.2) is 0 Å². The lowest BCUT2D eigenvalue weighted by Crippen LogP contribution is -2.32. The summed E-state index contributed by atoms with van der Waals surface area (Å²) in [5.74, 6) is 2.07. The molecule has 1 aromatic rings. The van der Waals surface area contributed by atoms with E-state index in [9.17, 15) is 0 Å². The average molecular weight is 278 g/mol. The van der Waals surface area contributed by atoms with Gasteiger partial charge < -0.3 is 10.2 Å². The molecule has 114 valence electrons. The largest absolute Gasteiger partial charge is 0.340 e. The number of aromatic nitrogens is 2. The number of hydrogen-bond acceptors (Lipinski definition) is 4. The van der Waals surface area contributed by atoms with Crippen molar-refractivity contribution in [2.24, 2.45) is 11.8 Å². The molecule has 1 aromatic heterocycles. The first-order valence-corrected chi connectivity index (χ1v) is 7.67. The molecule has 1 heterocycles. The van der Waals surface area contributed by atoms with Crippen LogP contribution in [-0.4, -0.2) is 29.1 Å². The molecule has 0 radical (unpaired) electrons. The van der Waals surface area contributed by atoms with Crippen LogP contribution < -0.4 is 10.2 Å². The second-order valence-corrected chi connectivity index (χ2v) is 6.62. The molecule has 1 N–H and O–H groups in total. The molecule has 0 aliphatic heterocycles. The Kier molecular flexibility index (Phi) is 6.93. The van der Waals surface area contributed by atoms with Gasteiger partial charge in [-0.25, -0.2) is 9.97 Å². The van der Waals surface area contributed by atoms with Crippen LogP contribution >= 0.6 is 0 Å². The molecule has 4 heteroatoms. The third-order valence-corrected chi connectivity index (χ3v) is 2.86. The Morgan fingerprint density at radius 3 is 1.85 bits per heavy atom. The highest BCUT2D eigenvalue weighted by molar-refractivity contribution is 5.30. The minimum atomic E-state index is 0.480. The van der Waals surface area contributed by atoms with Gasteiger partial charge in [-0.15, -0.1) is 0 Å². The van der Waals surface area contributed by atoms with Gasteiger partial charge in [-0.1, -0.05) is 41.5 Å². The lowest BCUT2D eigenvalue weighted by Gasteiger charge is -2.26. The molecular formula is C16H30N4. The second-order valence-electron chi connectivity index (χ2n) is 6.62. The average Bonchev–Trinajstić information content (AvgIpc) is 2.35. The van der Waals surface area contributed by atoms with Crippen molar-refractivity contribution in [2.75, 3.05) is 18.0 Å². The number of rotatable bonds is 8. The van der Waals surface area contributed by atoms with E-state index >= 15 is 0 Å². The molecule has 0 saturated heterocycles. The van der Waals surface area contributed by atoms with Crippen molar-refractivity contribution in [1.82, 2.24) is 15.3 Å². The molecule has 4 nitrogen and oxygen atoms in total. The summed E-state index contributed by atoms with van der Waals surface area (Å²) in [5.41, 5.74) is 1.14. The first-order chi connectivity index (χ1) is 9.38. The van der Waals surface area contributed by atoms with E-state index in [4.69, 9.17) is 0 Å². The number of anilines is 1. The quantitative estimate of drug-likeness (QED) is 0.793. The van der Waals surface area contributed by atoms with Crippen LogP contribution in [0.4, 0.5) is 5.95 Å². The topological polar surface area (TPSA) is 41.1 Å². The second kappa shape index (κ2) is 8.20. The van der Waals surface area contributed by atoms with Crippen LogP contribution in [0.1, 0.15) is 47.1 Å². The molecule has 0 amide bonds. The lowest BCUT2D eigenvalue weighted by atomic mass is 10.1. The van der Waals surface area contributed by atoms with Crippen molar-refractivity contribution < 1.29 is 0 Å². The van der Waals surface area contributed by atoms with Gasteiger partial charge in [0.25, 0.3) is 0 Å². The highest BCUT2D eigenvalue weighted by Gasteiger charge is 2.13. The van der Waals surface area contributed by atoms with Crippen LogP contribution in [0.3, 0.4) is 0 Å². The van der Waals surface area contributed by atoms with Crippen molar-refractivity contribution in [1.29, 1.82) is 0 Å². The Morgan fingerprint density at radius 2 is 1.45 bits per heavy atom. The molecule has 0 bridgehead atoms. The van der Waals surface area contributed by atoms with E-state index in [-0.39, 0.29) is 0 Å². The zero-order chi connectivity index (χ0) is 15.1. The fourth-order valence-corrected chi connectivity index (χ4v) is 2.04. The number of hydrogen-bond donors (Lipinski definition) is 1. The first-order valence-electron chi connectivity index (χ1n) is 7.67. The number of nitrogens with zero attached hydrogens (tertiary/aromatic N) is 3. The van der Waals surface area contributed by atoms with E-state index in [0.717, 1.165) is 31.1 Å². The Labute approximate surface area is 124 Å². The van der Waals surface area contributed by atoms with E-state index < -0.39 is 0 Å². The fourth-order valence-electron chi connectivity index (χ4n) is 2.04. The van der Waals surface area contributed by atoms with E-state index in [1.54, 1.807) is 0 Å². The third kappa shape index (κ3) is 6.33. The van der Waals surface area contributed by atoms with Crippen molar-refractivity contribution >= 4 is 5.95 Å². The molecule has 0 unspecified atom stereocenters. The van der Waals surface area contributed by atoms with Gasteiger partial charge in [0, 0.05) is 43.6 Å². The number of nitrogens with one attached hydrogen (secondary N) is 1. The first kappa shape index (κ1) is 16.9. The van der Waals surface area contributed by atoms with Gasteiger partial charge >= 0.3 is 0 Å². The molecule has 1 rings (SSSR count). The van der Waals surface area contributed by atoms with Crippen molar-refractivity contribution in [3.8, 4) is 0 Å². The van der Waals surface area contributed by atoms with Crippen LogP contribution in [-0.2, 0) is 6.54 Å². The summed E-state index contributed by atoms with van der Waals surface area (Å²) in [7, 11) is 0. The standard InChI is InChI=1S/C16H30N4/c1-12(2)10-20(11-13(3)4)16-18-8-15(9-19-16)7-17-14(5)6/h8-9,12-14,17H,7,10-11H2,1-6H3. The van der Waals surface area contributed by atoms with Crippen LogP contribution in [0.15, 0.2) is 12.4 Å². The maximum absolute atomic E-state index is 4.54. The van der Waals surface area contributed by atoms with E-state index in [0.29, 0.717) is 17.9 Å². The maximum atomic E-state index is 4.54. The van der Waals surface area contributed by atoms with Gasteiger partial charge in [0.1, 0.15) is 0 Å². The lowest BCUT2D eigenvalue weighted by molar-refractivity contribution is 0.543. The van der Waals surface area contributed by atoms with Gasteiger partial charge in [0.05, 0.1) is 0 Å². The summed E-state index contributed by atoms with van der Waals surface area (Å²) in [6.07, 6.45) is 3.87. The normalized spacial score (nSPS) is 11.7. The predicted octanol–water partition coefficient (Wildman–Crippen LogP) is 3.09. The van der Waals surface area contributed by atoms with Crippen molar-refractivity contribution in [3.05, 3.63) is 18.0 Å². The zero-order valence-corrected chi connectivity index (χ0v) is 13.8. The minimum absolute atomic E-state index is 0.480. The zero-order valence-electron chi connectivity index (χ0n) is 13.8. The molecular weight excluding hydrogens is 248 g/mol. The van der Waals surface area contributed by atoms with Gasteiger partial charge in [-0.05, 0) is 11.8 Å². The summed E-state index contributed by atoms with van der Waals surface area (Å²) < 4.78 is 0. The molecule has 20 heavy (non-hydrogen) atoms. The smallest absolute Gasteiger partial charge is 0.225 e. The summed E-state index contributed by atoms with van der Waals surface area (Å²) in [6, 6.07) is 0.480. The minimum Gasteiger partial charge on any atom is -0.340 e. The van der Waals surface area contributed by atoms with E-state index in [2.05, 4.69) is 61.7 Å². The van der Waals surface area contributed by atoms with E-state index in [1.807, 2.05) is 12.4 Å². The van der Waals surface area contributed by atoms with Crippen LogP contribution in [0.25, 0.3) is 0 Å². The highest BCUT2D eigenvalue weighted by Crippen LogP contribution is 2.12. The Bertz CT molecular complexity index is 361. The van der Waals surface area contributed by atoms with Gasteiger partial charge in [0.2, 0.25) is 5.95 Å². The molecule has 0 spiro atoms. The monoisotopic (exact) mass is 278 g/mol. The Morgan fingerprint density at radius 1 is 0.950 bits per heavy atom. The van der Waals surface area contributed by atoms with Crippen LogP contribution in [0.5, 0.6) is 0 Å². The molecule has 0 fully saturated rings. The molecule has 0 aliphatic carbocycles. The fraction of sp³-hybridized carbons (Fsp3) is 0.750. The maximum Gasteiger partial charge on any atom is 0.225 e. The molecule has 0 aliphatic rings. The summed E-state index contributed by atoms with van der Waals surface area (Å²) in [6.45, 7) is 16.0. The van der Waals surface area contributed by atoms with Gasteiger partial charge in [-0.2, -0.15) is 0 Å². The van der Waals surface area contributed by atoms with Gasteiger partial charge in [-0.3, -0.25) is 0 Å². The van der Waals surface area contributed by atoms with E-state index in [1.165, 1.54) is 0 Å². The molecule has 0 saturated carbocycles. The third-order valence-electron chi connectivity index (χ3n) is 2.86. The SMILES string of the molecule is CC(C)CN(CC(C)C)c1ncc(CNC(C)C)cn1. The highest BCUT2D eigenvalue weighted by atomic mass is 15.2. The van der Waals surface area contributed by atoms with Crippen LogP contribution in [0, 0.1) is 11.8 Å². The summed E-state index contributed by atoms with van der Waals surface area (Å²) in [5, 5.41) is 3.38. The predicted molar refractivity (Wildman–Crippen MR) is 85.9 cm³/mol. The Balaban J connectivity index is 2.71.